The van der Waals surface area contributed by atoms with E-state index in [1.54, 1.807) is 18.3 Å². The molecule has 0 aliphatic carbocycles. The molecule has 2 rings (SSSR count). The summed E-state index contributed by atoms with van der Waals surface area (Å²) in [5, 5.41) is 9.89. The Kier molecular flexibility index (Phi) is 3.54. The normalized spacial score (nSPS) is 10.6. The van der Waals surface area contributed by atoms with Gasteiger partial charge in [0.2, 0.25) is 0 Å². The summed E-state index contributed by atoms with van der Waals surface area (Å²) in [6.07, 6.45) is 3.56. The van der Waals surface area contributed by atoms with Crippen molar-refractivity contribution < 1.29 is 4.39 Å². The molecular formula is C11H11ClFN3. The molecule has 1 heterocycles. The molecule has 5 heteroatoms. The summed E-state index contributed by atoms with van der Waals surface area (Å²) in [5.41, 5.74) is 1.93. The van der Waals surface area contributed by atoms with Gasteiger partial charge in [-0.05, 0) is 17.7 Å². The average Bonchev–Trinajstić information content (AvgIpc) is 2.76. The van der Waals surface area contributed by atoms with Crippen molar-refractivity contribution in [1.29, 1.82) is 0 Å². The molecule has 2 aromatic rings. The molecule has 0 atom stereocenters. The molecule has 0 saturated carbocycles. The molecule has 1 aromatic carbocycles. The van der Waals surface area contributed by atoms with Crippen molar-refractivity contribution in [2.75, 3.05) is 0 Å². The quantitative estimate of drug-likeness (QED) is 0.861. The van der Waals surface area contributed by atoms with E-state index in [-0.39, 0.29) is 10.8 Å². The van der Waals surface area contributed by atoms with E-state index in [0.29, 0.717) is 13.1 Å². The smallest absolute Gasteiger partial charge is 0.142 e. The first kappa shape index (κ1) is 11.1. The maximum absolute atomic E-state index is 13.1. The lowest BCUT2D eigenvalue weighted by molar-refractivity contribution is 0.620. The molecular weight excluding hydrogens is 229 g/mol. The van der Waals surface area contributed by atoms with Crippen molar-refractivity contribution in [3.8, 4) is 0 Å². The van der Waals surface area contributed by atoms with E-state index in [2.05, 4.69) is 15.5 Å². The lowest BCUT2D eigenvalue weighted by Gasteiger charge is -2.04. The van der Waals surface area contributed by atoms with E-state index < -0.39 is 0 Å². The van der Waals surface area contributed by atoms with Crippen LogP contribution in [0.4, 0.5) is 4.39 Å². The van der Waals surface area contributed by atoms with Crippen molar-refractivity contribution in [3.05, 3.63) is 52.6 Å². The van der Waals surface area contributed by atoms with Crippen LogP contribution in [-0.4, -0.2) is 10.2 Å². The van der Waals surface area contributed by atoms with Crippen LogP contribution in [0.15, 0.2) is 30.6 Å². The van der Waals surface area contributed by atoms with E-state index in [0.717, 1.165) is 11.1 Å². The van der Waals surface area contributed by atoms with Gasteiger partial charge >= 0.3 is 0 Å². The molecule has 3 nitrogen and oxygen atoms in total. The van der Waals surface area contributed by atoms with Crippen LogP contribution in [0.1, 0.15) is 11.1 Å². The molecule has 0 spiro atoms. The number of halogens is 2. The Labute approximate surface area is 97.6 Å². The lowest BCUT2D eigenvalue weighted by Crippen LogP contribution is -2.12. The SMILES string of the molecule is Fc1cc(CNCc2cn[nH]c2)ccc1Cl. The molecule has 0 bridgehead atoms. The zero-order chi connectivity index (χ0) is 11.4. The van der Waals surface area contributed by atoms with E-state index >= 15 is 0 Å². The molecule has 2 N–H and O–H groups in total. The first-order valence-corrected chi connectivity index (χ1v) is 5.26. The van der Waals surface area contributed by atoms with Gasteiger partial charge in [-0.25, -0.2) is 4.39 Å². The van der Waals surface area contributed by atoms with Crippen LogP contribution >= 0.6 is 11.6 Å². The van der Waals surface area contributed by atoms with Crippen molar-refractivity contribution in [1.82, 2.24) is 15.5 Å². The monoisotopic (exact) mass is 239 g/mol. The highest BCUT2D eigenvalue weighted by Gasteiger charge is 2.00. The molecule has 0 unspecified atom stereocenters. The van der Waals surface area contributed by atoms with Gasteiger partial charge in [-0.2, -0.15) is 5.10 Å². The molecule has 0 amide bonds. The molecule has 84 valence electrons. The van der Waals surface area contributed by atoms with Gasteiger partial charge in [0.15, 0.2) is 0 Å². The molecule has 1 aromatic heterocycles. The number of nitrogens with zero attached hydrogens (tertiary/aromatic N) is 1. The Balaban J connectivity index is 1.87. The maximum Gasteiger partial charge on any atom is 0.142 e. The third-order valence-corrected chi connectivity index (χ3v) is 2.50. The van der Waals surface area contributed by atoms with Crippen LogP contribution in [-0.2, 0) is 13.1 Å². The van der Waals surface area contributed by atoms with E-state index in [1.165, 1.54) is 6.07 Å². The lowest BCUT2D eigenvalue weighted by atomic mass is 10.2. The summed E-state index contributed by atoms with van der Waals surface area (Å²) in [7, 11) is 0. The largest absolute Gasteiger partial charge is 0.309 e. The summed E-state index contributed by atoms with van der Waals surface area (Å²) in [6, 6.07) is 4.80. The highest BCUT2D eigenvalue weighted by atomic mass is 35.5. The Bertz CT molecular complexity index is 456. The number of benzene rings is 1. The van der Waals surface area contributed by atoms with Crippen molar-refractivity contribution in [3.63, 3.8) is 0 Å². The molecule has 0 saturated heterocycles. The van der Waals surface area contributed by atoms with Crippen LogP contribution in [0.25, 0.3) is 0 Å². The van der Waals surface area contributed by atoms with Crippen molar-refractivity contribution in [2.45, 2.75) is 13.1 Å². The maximum atomic E-state index is 13.1. The third kappa shape index (κ3) is 2.81. The van der Waals surface area contributed by atoms with Gasteiger partial charge in [-0.3, -0.25) is 5.10 Å². The van der Waals surface area contributed by atoms with Gasteiger partial charge < -0.3 is 5.32 Å². The number of aromatic nitrogens is 2. The first-order chi connectivity index (χ1) is 7.75. The van der Waals surface area contributed by atoms with E-state index in [1.807, 2.05) is 6.20 Å². The minimum Gasteiger partial charge on any atom is -0.309 e. The number of nitrogens with one attached hydrogen (secondary N) is 2. The number of hydrogen-bond donors (Lipinski definition) is 2. The van der Waals surface area contributed by atoms with Crippen LogP contribution in [0, 0.1) is 5.82 Å². The second kappa shape index (κ2) is 5.09. The number of rotatable bonds is 4. The van der Waals surface area contributed by atoms with Crippen LogP contribution < -0.4 is 5.32 Å². The van der Waals surface area contributed by atoms with Crippen molar-refractivity contribution >= 4 is 11.6 Å². The van der Waals surface area contributed by atoms with Gasteiger partial charge in [0, 0.05) is 24.8 Å². The average molecular weight is 240 g/mol. The fourth-order valence-electron chi connectivity index (χ4n) is 1.38. The number of aromatic amines is 1. The van der Waals surface area contributed by atoms with Crippen molar-refractivity contribution in [2.24, 2.45) is 0 Å². The summed E-state index contributed by atoms with van der Waals surface area (Å²) < 4.78 is 13.1. The summed E-state index contributed by atoms with van der Waals surface area (Å²) >= 11 is 5.59. The predicted octanol–water partition coefficient (Wildman–Crippen LogP) is 2.49. The summed E-state index contributed by atoms with van der Waals surface area (Å²) in [5.74, 6) is -0.385. The standard InChI is InChI=1S/C11H11ClFN3/c12-10-2-1-8(3-11(10)13)4-14-5-9-6-15-16-7-9/h1-3,6-7,14H,4-5H2,(H,15,16). The first-order valence-electron chi connectivity index (χ1n) is 4.88. The molecule has 16 heavy (non-hydrogen) atoms. The van der Waals surface area contributed by atoms with Gasteiger partial charge in [0.05, 0.1) is 11.2 Å². The zero-order valence-electron chi connectivity index (χ0n) is 8.50. The number of H-pyrrole nitrogens is 1. The van der Waals surface area contributed by atoms with Crippen LogP contribution in [0.3, 0.4) is 0 Å². The van der Waals surface area contributed by atoms with Crippen LogP contribution in [0.5, 0.6) is 0 Å². The second-order valence-electron chi connectivity index (χ2n) is 3.46. The minimum absolute atomic E-state index is 0.151. The predicted molar refractivity (Wildman–Crippen MR) is 60.5 cm³/mol. The Morgan fingerprint density at radius 2 is 2.12 bits per heavy atom. The zero-order valence-corrected chi connectivity index (χ0v) is 9.26. The summed E-state index contributed by atoms with van der Waals surface area (Å²) in [4.78, 5) is 0. The van der Waals surface area contributed by atoms with Gasteiger partial charge in [0.25, 0.3) is 0 Å². The minimum atomic E-state index is -0.385. The van der Waals surface area contributed by atoms with Gasteiger partial charge in [-0.15, -0.1) is 0 Å². The summed E-state index contributed by atoms with van der Waals surface area (Å²) in [6.45, 7) is 1.29. The Hall–Kier alpha value is -1.39. The second-order valence-corrected chi connectivity index (χ2v) is 3.87. The Morgan fingerprint density at radius 1 is 1.31 bits per heavy atom. The highest BCUT2D eigenvalue weighted by molar-refractivity contribution is 6.30. The van der Waals surface area contributed by atoms with Gasteiger partial charge in [0.1, 0.15) is 5.82 Å². The van der Waals surface area contributed by atoms with Crippen LogP contribution in [0.2, 0.25) is 5.02 Å². The topological polar surface area (TPSA) is 40.7 Å². The fourth-order valence-corrected chi connectivity index (χ4v) is 1.49. The fraction of sp³-hybridized carbons (Fsp3) is 0.182. The van der Waals surface area contributed by atoms with Gasteiger partial charge in [-0.1, -0.05) is 17.7 Å². The van der Waals surface area contributed by atoms with E-state index in [9.17, 15) is 4.39 Å². The molecule has 0 aliphatic rings. The molecule has 0 radical (unpaired) electrons. The van der Waals surface area contributed by atoms with E-state index in [4.69, 9.17) is 11.6 Å². The molecule has 0 fully saturated rings. The molecule has 0 aliphatic heterocycles. The number of hydrogen-bond acceptors (Lipinski definition) is 2. The third-order valence-electron chi connectivity index (χ3n) is 2.20. The highest BCUT2D eigenvalue weighted by Crippen LogP contribution is 2.15. The Morgan fingerprint density at radius 3 is 2.81 bits per heavy atom.